The van der Waals surface area contributed by atoms with Crippen LogP contribution in [0, 0.1) is 0 Å². The summed E-state index contributed by atoms with van der Waals surface area (Å²) in [6, 6.07) is 4.04. The third kappa shape index (κ3) is 2.55. The van der Waals surface area contributed by atoms with Crippen LogP contribution in [0.3, 0.4) is 0 Å². The maximum atomic E-state index is 3.24. The average molecular weight is 195 g/mol. The van der Waals surface area contributed by atoms with Crippen LogP contribution in [-0.2, 0) is 15.6 Å². The standard InChI is InChI=1S/C8H16Si.Mn/c1-5-9(6-2,7-3)8-4;/h8H,5-7H2,1-3H3;. The normalized spacial score (nSPS) is 10.7. The summed E-state index contributed by atoms with van der Waals surface area (Å²) < 4.78 is 3.01. The van der Waals surface area contributed by atoms with Gasteiger partial charge in [-0.1, -0.05) is 0 Å². The zero-order chi connectivity index (χ0) is 8.04. The van der Waals surface area contributed by atoms with E-state index in [1.54, 1.807) is 0 Å². The fourth-order valence-electron chi connectivity index (χ4n) is 1.17. The van der Waals surface area contributed by atoms with E-state index in [0.717, 1.165) is 0 Å². The van der Waals surface area contributed by atoms with E-state index in [-0.39, 0.29) is 0 Å². The molecular formula is C8H16MnSi. The van der Waals surface area contributed by atoms with Gasteiger partial charge in [-0.2, -0.15) is 0 Å². The molecule has 2 heteroatoms. The number of hydrogen-bond donors (Lipinski definition) is 0. The Balaban J connectivity index is 4.29. The Kier molecular flexibility index (Phi) is 5.29. The maximum absolute atomic E-state index is 3.24. The Morgan fingerprint density at radius 1 is 1.20 bits per heavy atom. The van der Waals surface area contributed by atoms with Crippen molar-refractivity contribution in [2.24, 2.45) is 0 Å². The second-order valence-corrected chi connectivity index (χ2v) is 8.15. The fourth-order valence-corrected chi connectivity index (χ4v) is 4.60. The van der Waals surface area contributed by atoms with Crippen LogP contribution in [0.25, 0.3) is 0 Å². The molecule has 0 rings (SSSR count). The van der Waals surface area contributed by atoms with Gasteiger partial charge in [0.05, 0.1) is 0 Å². The SMILES string of the molecule is CC[Si](C=[C]=[Mn])(CC)CC. The van der Waals surface area contributed by atoms with E-state index in [1.807, 2.05) is 0 Å². The van der Waals surface area contributed by atoms with Gasteiger partial charge in [0.1, 0.15) is 0 Å². The molecule has 0 aromatic carbocycles. The van der Waals surface area contributed by atoms with Gasteiger partial charge in [-0.3, -0.25) is 0 Å². The van der Waals surface area contributed by atoms with Crippen molar-refractivity contribution in [3.63, 3.8) is 0 Å². The summed E-state index contributed by atoms with van der Waals surface area (Å²) in [6.45, 7) is 6.88. The van der Waals surface area contributed by atoms with Crippen molar-refractivity contribution in [2.75, 3.05) is 0 Å². The van der Waals surface area contributed by atoms with Crippen LogP contribution >= 0.6 is 0 Å². The Hall–Kier alpha value is 0.386. The molecule has 0 spiro atoms. The average Bonchev–Trinajstić information content (AvgIpc) is 2.01. The number of hydrogen-bond acceptors (Lipinski definition) is 0. The molecular weight excluding hydrogens is 179 g/mol. The third-order valence-electron chi connectivity index (χ3n) is 2.47. The summed E-state index contributed by atoms with van der Waals surface area (Å²) >= 11 is 3.24. The van der Waals surface area contributed by atoms with E-state index >= 15 is 0 Å². The predicted molar refractivity (Wildman–Crippen MR) is 46.8 cm³/mol. The molecule has 0 N–H and O–H groups in total. The van der Waals surface area contributed by atoms with Gasteiger partial charge in [-0.15, -0.1) is 0 Å². The van der Waals surface area contributed by atoms with Gasteiger partial charge in [0.15, 0.2) is 0 Å². The Labute approximate surface area is 73.1 Å². The van der Waals surface area contributed by atoms with E-state index in [9.17, 15) is 0 Å². The molecule has 0 aliphatic carbocycles. The van der Waals surface area contributed by atoms with E-state index in [2.05, 4.69) is 46.6 Å². The van der Waals surface area contributed by atoms with Crippen LogP contribution in [0.4, 0.5) is 0 Å². The molecule has 0 aliphatic rings. The second kappa shape index (κ2) is 5.09. The van der Waals surface area contributed by atoms with Crippen LogP contribution in [0.5, 0.6) is 0 Å². The van der Waals surface area contributed by atoms with Crippen molar-refractivity contribution in [1.29, 1.82) is 0 Å². The molecule has 0 aromatic heterocycles. The first-order chi connectivity index (χ1) is 4.74. The molecule has 0 fully saturated rings. The van der Waals surface area contributed by atoms with Crippen LogP contribution in [0.15, 0.2) is 5.70 Å². The van der Waals surface area contributed by atoms with E-state index in [1.165, 1.54) is 18.1 Å². The minimum atomic E-state index is -1.00. The van der Waals surface area contributed by atoms with Gasteiger partial charge in [0, 0.05) is 0 Å². The van der Waals surface area contributed by atoms with Crippen molar-refractivity contribution in [3.05, 3.63) is 5.70 Å². The van der Waals surface area contributed by atoms with Gasteiger partial charge in [0.25, 0.3) is 0 Å². The van der Waals surface area contributed by atoms with Gasteiger partial charge in [-0.25, -0.2) is 0 Å². The van der Waals surface area contributed by atoms with Crippen molar-refractivity contribution >= 4 is 12.6 Å². The molecule has 10 heavy (non-hydrogen) atoms. The molecule has 0 atom stereocenters. The molecule has 0 radical (unpaired) electrons. The summed E-state index contributed by atoms with van der Waals surface area (Å²) in [5.41, 5.74) is 2.28. The zero-order valence-electron chi connectivity index (χ0n) is 7.08. The molecule has 0 unspecified atom stereocenters. The topological polar surface area (TPSA) is 0 Å². The first kappa shape index (κ1) is 10.4. The Morgan fingerprint density at radius 2 is 1.60 bits per heavy atom. The monoisotopic (exact) mass is 195 g/mol. The molecule has 0 nitrogen and oxygen atoms in total. The predicted octanol–water partition coefficient (Wildman–Crippen LogP) is 2.54. The van der Waals surface area contributed by atoms with Crippen LogP contribution in [-0.4, -0.2) is 12.6 Å². The number of rotatable bonds is 4. The Bertz CT molecular complexity index is 124. The van der Waals surface area contributed by atoms with Crippen molar-refractivity contribution in [3.8, 4) is 0 Å². The summed E-state index contributed by atoms with van der Waals surface area (Å²) in [7, 11) is -1.00. The van der Waals surface area contributed by atoms with Gasteiger partial charge in [0.2, 0.25) is 0 Å². The quantitative estimate of drug-likeness (QED) is 0.605. The second-order valence-electron chi connectivity index (χ2n) is 2.68. The molecule has 0 bridgehead atoms. The van der Waals surface area contributed by atoms with E-state index < -0.39 is 8.07 Å². The molecule has 0 aromatic rings. The van der Waals surface area contributed by atoms with Gasteiger partial charge < -0.3 is 0 Å². The minimum absolute atomic E-state index is 1.00. The van der Waals surface area contributed by atoms with Crippen LogP contribution in [0.1, 0.15) is 20.8 Å². The first-order valence-electron chi connectivity index (χ1n) is 3.95. The van der Waals surface area contributed by atoms with Crippen molar-refractivity contribution < 1.29 is 15.6 Å². The molecule has 0 saturated heterocycles. The van der Waals surface area contributed by atoms with E-state index in [4.69, 9.17) is 0 Å². The molecule has 0 amide bonds. The van der Waals surface area contributed by atoms with Crippen LogP contribution < -0.4 is 0 Å². The van der Waals surface area contributed by atoms with Gasteiger partial charge >= 0.3 is 72.8 Å². The van der Waals surface area contributed by atoms with Gasteiger partial charge in [-0.05, 0) is 0 Å². The zero-order valence-corrected chi connectivity index (χ0v) is 9.26. The molecule has 0 saturated carbocycles. The summed E-state index contributed by atoms with van der Waals surface area (Å²) in [6.07, 6.45) is 0. The molecule has 0 heterocycles. The van der Waals surface area contributed by atoms with E-state index in [0.29, 0.717) is 0 Å². The fraction of sp³-hybridized carbons (Fsp3) is 0.750. The molecule has 0 aliphatic heterocycles. The third-order valence-corrected chi connectivity index (χ3v) is 7.93. The van der Waals surface area contributed by atoms with Crippen LogP contribution in [0.2, 0.25) is 18.1 Å². The summed E-state index contributed by atoms with van der Waals surface area (Å²) in [4.78, 5) is 0. The van der Waals surface area contributed by atoms with Crippen molar-refractivity contribution in [1.82, 2.24) is 0 Å². The first-order valence-corrected chi connectivity index (χ1v) is 7.24. The van der Waals surface area contributed by atoms with Crippen molar-refractivity contribution in [2.45, 2.75) is 38.9 Å². The summed E-state index contributed by atoms with van der Waals surface area (Å²) in [5, 5.41) is 0. The summed E-state index contributed by atoms with van der Waals surface area (Å²) in [5.74, 6) is 0. The molecule has 59 valence electrons. The Morgan fingerprint density at radius 3 is 1.70 bits per heavy atom.